The molecule has 2 atom stereocenters. The minimum Gasteiger partial charge on any atom is -0.495 e. The van der Waals surface area contributed by atoms with E-state index in [9.17, 15) is 28.1 Å². The number of carbonyl (C=O) groups excluding carboxylic acids is 2. The van der Waals surface area contributed by atoms with Gasteiger partial charge < -0.3 is 15.0 Å². The van der Waals surface area contributed by atoms with Gasteiger partial charge in [0.15, 0.2) is 0 Å². The van der Waals surface area contributed by atoms with Gasteiger partial charge in [0.1, 0.15) is 18.3 Å². The Hall–Kier alpha value is -4.16. The maximum atomic E-state index is 14.2. The predicted molar refractivity (Wildman–Crippen MR) is 169 cm³/mol. The molecule has 0 aliphatic rings. The number of carbonyl (C=O) groups is 2. The number of methoxy groups -OCH3 is 1. The monoisotopic (exact) mass is 644 g/mol. The fourth-order valence-electron chi connectivity index (χ4n) is 4.50. The van der Waals surface area contributed by atoms with E-state index in [-0.39, 0.29) is 34.6 Å². The number of nitro benzene ring substituents is 1. The number of nitrogens with zero attached hydrogens (tertiary/aromatic N) is 3. The van der Waals surface area contributed by atoms with Gasteiger partial charge in [-0.05, 0) is 63.9 Å². The van der Waals surface area contributed by atoms with Crippen LogP contribution in [0.25, 0.3) is 0 Å². The summed E-state index contributed by atoms with van der Waals surface area (Å²) >= 11 is 6.26. The van der Waals surface area contributed by atoms with Gasteiger partial charge in [0.2, 0.25) is 11.8 Å². The van der Waals surface area contributed by atoms with Crippen LogP contribution in [-0.2, 0) is 26.2 Å². The van der Waals surface area contributed by atoms with E-state index in [1.165, 1.54) is 49.3 Å². The minimum atomic E-state index is -4.61. The van der Waals surface area contributed by atoms with Gasteiger partial charge in [-0.1, -0.05) is 54.4 Å². The molecule has 1 N–H and O–H groups in total. The van der Waals surface area contributed by atoms with Crippen LogP contribution in [0, 0.1) is 24.0 Å². The molecule has 236 valence electrons. The van der Waals surface area contributed by atoms with Gasteiger partial charge in [0.25, 0.3) is 15.7 Å². The Morgan fingerprint density at radius 3 is 2.39 bits per heavy atom. The molecule has 2 amide bonds. The molecule has 0 saturated heterocycles. The number of anilines is 1. The van der Waals surface area contributed by atoms with Crippen LogP contribution in [0.4, 0.5) is 11.4 Å². The van der Waals surface area contributed by atoms with E-state index < -0.39 is 49.9 Å². The normalized spacial score (nSPS) is 12.6. The van der Waals surface area contributed by atoms with E-state index in [1.54, 1.807) is 6.92 Å². The molecule has 3 aromatic rings. The highest BCUT2D eigenvalue weighted by atomic mass is 35.5. The highest BCUT2D eigenvalue weighted by Gasteiger charge is 2.35. The van der Waals surface area contributed by atoms with Crippen molar-refractivity contribution in [3.05, 3.63) is 92.5 Å². The third-order valence-electron chi connectivity index (χ3n) is 7.26. The smallest absolute Gasteiger partial charge is 0.273 e. The van der Waals surface area contributed by atoms with E-state index in [1.807, 2.05) is 45.0 Å². The molecule has 11 nitrogen and oxygen atoms in total. The molecular weight excluding hydrogens is 608 g/mol. The van der Waals surface area contributed by atoms with Gasteiger partial charge in [-0.15, -0.1) is 0 Å². The highest BCUT2D eigenvalue weighted by molar-refractivity contribution is 7.92. The van der Waals surface area contributed by atoms with Crippen LogP contribution in [0.1, 0.15) is 43.9 Å². The number of nitrogens with one attached hydrogen (secondary N) is 1. The molecule has 0 fully saturated rings. The molecule has 0 bridgehead atoms. The molecular formula is C31H37ClN4O7S. The van der Waals surface area contributed by atoms with E-state index >= 15 is 0 Å². The van der Waals surface area contributed by atoms with Gasteiger partial charge in [0, 0.05) is 29.2 Å². The van der Waals surface area contributed by atoms with Gasteiger partial charge in [-0.25, -0.2) is 8.42 Å². The van der Waals surface area contributed by atoms with Crippen molar-refractivity contribution in [2.45, 2.75) is 64.6 Å². The molecule has 3 aromatic carbocycles. The van der Waals surface area contributed by atoms with Crippen LogP contribution in [0.15, 0.2) is 65.6 Å². The molecule has 0 aliphatic carbocycles. The standard InChI is InChI=1S/C31H37ClN4O7S/c1-7-22(4)33-31(38)23(5)34(18-24-10-8-9-20(2)15-24)30(37)19-35(28-16-25(32)12-14-29(28)43-6)44(41,42)26-13-11-21(3)27(17-26)36(39)40/h8-17,22-23H,7,18-19H2,1-6H3,(H,33,38)/t22-,23+/m0/s1. The van der Waals surface area contributed by atoms with Crippen LogP contribution in [0.3, 0.4) is 0 Å². The molecule has 0 spiro atoms. The lowest BCUT2D eigenvalue weighted by molar-refractivity contribution is -0.385. The SMILES string of the molecule is CC[C@H](C)NC(=O)[C@@H](C)N(Cc1cccc(C)c1)C(=O)CN(c1cc(Cl)ccc1OC)S(=O)(=O)c1ccc(C)c([N+](=O)[O-])c1. The van der Waals surface area contributed by atoms with Crippen molar-refractivity contribution in [3.63, 3.8) is 0 Å². The van der Waals surface area contributed by atoms with E-state index in [0.29, 0.717) is 6.42 Å². The van der Waals surface area contributed by atoms with Crippen molar-refractivity contribution in [1.82, 2.24) is 10.2 Å². The molecule has 0 radical (unpaired) electrons. The van der Waals surface area contributed by atoms with Crippen LogP contribution < -0.4 is 14.4 Å². The second-order valence-electron chi connectivity index (χ2n) is 10.5. The van der Waals surface area contributed by atoms with Crippen LogP contribution in [0.5, 0.6) is 5.75 Å². The summed E-state index contributed by atoms with van der Waals surface area (Å²) in [5.41, 5.74) is 1.50. The molecule has 44 heavy (non-hydrogen) atoms. The number of halogens is 1. The maximum absolute atomic E-state index is 14.2. The fraction of sp³-hybridized carbons (Fsp3) is 0.355. The highest BCUT2D eigenvalue weighted by Crippen LogP contribution is 2.36. The van der Waals surface area contributed by atoms with Crippen LogP contribution in [0.2, 0.25) is 5.02 Å². The Morgan fingerprint density at radius 2 is 1.77 bits per heavy atom. The van der Waals surface area contributed by atoms with Crippen LogP contribution >= 0.6 is 11.6 Å². The topological polar surface area (TPSA) is 139 Å². The molecule has 0 aliphatic heterocycles. The lowest BCUT2D eigenvalue weighted by Crippen LogP contribution is -2.52. The number of benzene rings is 3. The fourth-order valence-corrected chi connectivity index (χ4v) is 6.10. The zero-order chi connectivity index (χ0) is 32.8. The summed E-state index contributed by atoms with van der Waals surface area (Å²) in [6, 6.07) is 14.1. The molecule has 0 unspecified atom stereocenters. The van der Waals surface area contributed by atoms with Gasteiger partial charge >= 0.3 is 0 Å². The molecule has 0 saturated carbocycles. The number of hydrogen-bond acceptors (Lipinski definition) is 7. The number of ether oxygens (including phenoxy) is 1. The summed E-state index contributed by atoms with van der Waals surface area (Å²) in [5.74, 6) is -0.991. The first-order chi connectivity index (χ1) is 20.7. The molecule has 0 heterocycles. The minimum absolute atomic E-state index is 0.0200. The summed E-state index contributed by atoms with van der Waals surface area (Å²) < 4.78 is 34.6. The Kier molecular flexibility index (Phi) is 11.3. The quantitative estimate of drug-likeness (QED) is 0.194. The lowest BCUT2D eigenvalue weighted by atomic mass is 10.1. The largest absolute Gasteiger partial charge is 0.495 e. The van der Waals surface area contributed by atoms with Gasteiger partial charge in [-0.2, -0.15) is 0 Å². The third-order valence-corrected chi connectivity index (χ3v) is 9.25. The Morgan fingerprint density at radius 1 is 1.07 bits per heavy atom. The van der Waals surface area contributed by atoms with Crippen molar-refractivity contribution in [1.29, 1.82) is 0 Å². The first-order valence-corrected chi connectivity index (χ1v) is 15.8. The van der Waals surface area contributed by atoms with Crippen molar-refractivity contribution in [2.24, 2.45) is 0 Å². The summed E-state index contributed by atoms with van der Waals surface area (Å²) in [6.07, 6.45) is 0.674. The lowest BCUT2D eigenvalue weighted by Gasteiger charge is -2.33. The summed E-state index contributed by atoms with van der Waals surface area (Å²) in [5, 5.41) is 14.7. The molecule has 13 heteroatoms. The molecule has 0 aromatic heterocycles. The Labute approximate surface area is 263 Å². The number of nitro groups is 1. The second kappa shape index (κ2) is 14.5. The summed E-state index contributed by atoms with van der Waals surface area (Å²) in [6.45, 7) is 7.99. The zero-order valence-electron chi connectivity index (χ0n) is 25.5. The number of aryl methyl sites for hydroxylation is 2. The van der Waals surface area contributed by atoms with Crippen molar-refractivity contribution in [3.8, 4) is 5.75 Å². The summed E-state index contributed by atoms with van der Waals surface area (Å²) in [7, 11) is -3.28. The second-order valence-corrected chi connectivity index (χ2v) is 12.8. The van der Waals surface area contributed by atoms with E-state index in [0.717, 1.165) is 21.5 Å². The maximum Gasteiger partial charge on any atom is 0.273 e. The zero-order valence-corrected chi connectivity index (χ0v) is 27.1. The van der Waals surface area contributed by atoms with Crippen molar-refractivity contribution < 1.29 is 27.7 Å². The number of rotatable bonds is 13. The Bertz CT molecular complexity index is 1650. The molecule has 3 rings (SSSR count). The number of hydrogen-bond donors (Lipinski definition) is 1. The van der Waals surface area contributed by atoms with Crippen molar-refractivity contribution in [2.75, 3.05) is 18.0 Å². The van der Waals surface area contributed by atoms with E-state index in [2.05, 4.69) is 5.32 Å². The van der Waals surface area contributed by atoms with E-state index in [4.69, 9.17) is 16.3 Å². The first kappa shape index (κ1) is 34.3. The predicted octanol–water partition coefficient (Wildman–Crippen LogP) is 5.40. The average molecular weight is 645 g/mol. The first-order valence-electron chi connectivity index (χ1n) is 14.0. The summed E-state index contributed by atoms with van der Waals surface area (Å²) in [4.78, 5) is 39.3. The van der Waals surface area contributed by atoms with Crippen LogP contribution in [-0.4, -0.2) is 55.8 Å². The number of sulfonamides is 1. The van der Waals surface area contributed by atoms with Crippen molar-refractivity contribution >= 4 is 44.8 Å². The van der Waals surface area contributed by atoms with Gasteiger partial charge in [-0.3, -0.25) is 24.0 Å². The Balaban J connectivity index is 2.16. The van der Waals surface area contributed by atoms with Gasteiger partial charge in [0.05, 0.1) is 22.6 Å². The average Bonchev–Trinajstić information content (AvgIpc) is 2.97. The third kappa shape index (κ3) is 8.06. The number of amides is 2.